The third-order valence-electron chi connectivity index (χ3n) is 5.13. The zero-order valence-electron chi connectivity index (χ0n) is 16.3. The van der Waals surface area contributed by atoms with Gasteiger partial charge in [0, 0.05) is 47.5 Å². The van der Waals surface area contributed by atoms with Gasteiger partial charge in [0.1, 0.15) is 0 Å². The summed E-state index contributed by atoms with van der Waals surface area (Å²) in [6.45, 7) is 12.4. The zero-order valence-corrected chi connectivity index (χ0v) is 16.3. The molecular weight excluding hydrogens is 326 g/mol. The minimum atomic E-state index is 0.170. The van der Waals surface area contributed by atoms with Crippen LogP contribution in [-0.2, 0) is 11.3 Å². The molecule has 0 radical (unpaired) electrons. The molecule has 1 aliphatic heterocycles. The molecule has 0 unspecified atom stereocenters. The summed E-state index contributed by atoms with van der Waals surface area (Å²) >= 11 is 0. The highest BCUT2D eigenvalue weighted by atomic mass is 16.5. The summed E-state index contributed by atoms with van der Waals surface area (Å²) in [6, 6.07) is 6.18. The Hall–Kier alpha value is -1.85. The normalized spacial score (nSPS) is 15.2. The number of rotatable bonds is 7. The van der Waals surface area contributed by atoms with E-state index in [1.807, 2.05) is 19.1 Å². The minimum Gasteiger partial charge on any atom is -0.378 e. The van der Waals surface area contributed by atoms with E-state index in [-0.39, 0.29) is 5.43 Å². The van der Waals surface area contributed by atoms with Gasteiger partial charge in [-0.05, 0) is 51.1 Å². The summed E-state index contributed by atoms with van der Waals surface area (Å²) in [5, 5.41) is 0.794. The lowest BCUT2D eigenvalue weighted by Crippen LogP contribution is -2.36. The first kappa shape index (κ1) is 18.9. The second-order valence-corrected chi connectivity index (χ2v) is 7.16. The maximum absolute atomic E-state index is 13.2. The molecule has 1 aliphatic rings. The number of hydrogen-bond acceptors (Lipinski definition) is 4. The highest BCUT2D eigenvalue weighted by molar-refractivity contribution is 5.83. The molecule has 0 amide bonds. The van der Waals surface area contributed by atoms with Gasteiger partial charge in [0.15, 0.2) is 5.43 Å². The van der Waals surface area contributed by atoms with Gasteiger partial charge < -0.3 is 14.6 Å². The largest absolute Gasteiger partial charge is 0.378 e. The maximum atomic E-state index is 13.2. The van der Waals surface area contributed by atoms with E-state index in [9.17, 15) is 4.79 Å². The molecule has 0 aliphatic carbocycles. The van der Waals surface area contributed by atoms with E-state index < -0.39 is 0 Å². The van der Waals surface area contributed by atoms with E-state index in [1.54, 1.807) is 0 Å². The number of benzene rings is 1. The van der Waals surface area contributed by atoms with Crippen LogP contribution in [0.4, 0.5) is 5.69 Å². The van der Waals surface area contributed by atoms with Crippen molar-refractivity contribution < 1.29 is 4.74 Å². The van der Waals surface area contributed by atoms with Crippen LogP contribution in [0.5, 0.6) is 0 Å². The first-order valence-corrected chi connectivity index (χ1v) is 9.84. The molecule has 5 nitrogen and oxygen atoms in total. The van der Waals surface area contributed by atoms with Gasteiger partial charge in [-0.1, -0.05) is 13.8 Å². The Morgan fingerprint density at radius 2 is 1.85 bits per heavy atom. The van der Waals surface area contributed by atoms with Crippen LogP contribution in [-0.4, -0.2) is 49.3 Å². The monoisotopic (exact) mass is 357 g/mol. The van der Waals surface area contributed by atoms with E-state index in [4.69, 9.17) is 4.74 Å². The smallest absolute Gasteiger partial charge is 0.194 e. The average Bonchev–Trinajstić information content (AvgIpc) is 2.66. The number of H-pyrrole nitrogens is 1. The van der Waals surface area contributed by atoms with Gasteiger partial charge in [0.2, 0.25) is 0 Å². The van der Waals surface area contributed by atoms with Crippen molar-refractivity contribution in [3.8, 4) is 0 Å². The molecule has 2 aromatic rings. The zero-order chi connectivity index (χ0) is 18.5. The predicted molar refractivity (Wildman–Crippen MR) is 108 cm³/mol. The lowest BCUT2D eigenvalue weighted by Gasteiger charge is -2.29. The van der Waals surface area contributed by atoms with Gasteiger partial charge in [0.25, 0.3) is 0 Å². The molecule has 0 spiro atoms. The molecule has 1 fully saturated rings. The summed E-state index contributed by atoms with van der Waals surface area (Å²) < 4.78 is 5.44. The van der Waals surface area contributed by atoms with Crippen molar-refractivity contribution in [3.05, 3.63) is 39.7 Å². The van der Waals surface area contributed by atoms with Crippen molar-refractivity contribution in [2.24, 2.45) is 0 Å². The molecule has 0 bridgehead atoms. The third kappa shape index (κ3) is 4.10. The molecule has 142 valence electrons. The van der Waals surface area contributed by atoms with Gasteiger partial charge in [0.05, 0.1) is 13.2 Å². The number of nitrogens with zero attached hydrogens (tertiary/aromatic N) is 2. The summed E-state index contributed by atoms with van der Waals surface area (Å²) in [6.07, 6.45) is 2.21. The summed E-state index contributed by atoms with van der Waals surface area (Å²) in [7, 11) is 0. The van der Waals surface area contributed by atoms with Gasteiger partial charge in [-0.25, -0.2) is 0 Å². The average molecular weight is 357 g/mol. The van der Waals surface area contributed by atoms with Crippen LogP contribution in [0.2, 0.25) is 0 Å². The van der Waals surface area contributed by atoms with Crippen molar-refractivity contribution in [1.82, 2.24) is 9.88 Å². The standard InChI is InChI=1S/C21H31N3O2/c1-4-8-23(9-5-2)15-19-16(3)22-20-7-6-17(14-18(20)21(19)25)24-10-12-26-13-11-24/h6-7,14H,4-5,8-13,15H2,1-3H3,(H,22,25). The maximum Gasteiger partial charge on any atom is 0.194 e. The summed E-state index contributed by atoms with van der Waals surface area (Å²) in [4.78, 5) is 21.4. The molecule has 0 saturated carbocycles. The number of morpholine rings is 1. The SMILES string of the molecule is CCCN(CCC)Cc1c(C)[nH]c2ccc(N3CCOCC3)cc2c1=O. The molecule has 26 heavy (non-hydrogen) atoms. The Morgan fingerprint density at radius 1 is 1.15 bits per heavy atom. The Balaban J connectivity index is 1.97. The fourth-order valence-corrected chi connectivity index (χ4v) is 3.77. The quantitative estimate of drug-likeness (QED) is 0.826. The minimum absolute atomic E-state index is 0.170. The van der Waals surface area contributed by atoms with Crippen molar-refractivity contribution in [2.75, 3.05) is 44.3 Å². The molecular formula is C21H31N3O2. The molecule has 0 atom stereocenters. The second-order valence-electron chi connectivity index (χ2n) is 7.16. The third-order valence-corrected chi connectivity index (χ3v) is 5.13. The topological polar surface area (TPSA) is 48.6 Å². The molecule has 5 heteroatoms. The summed E-state index contributed by atoms with van der Waals surface area (Å²) in [5.74, 6) is 0. The van der Waals surface area contributed by atoms with Crippen LogP contribution >= 0.6 is 0 Å². The lowest BCUT2D eigenvalue weighted by molar-refractivity contribution is 0.122. The van der Waals surface area contributed by atoms with Crippen LogP contribution in [0.1, 0.15) is 37.9 Å². The van der Waals surface area contributed by atoms with Crippen LogP contribution in [0.3, 0.4) is 0 Å². The first-order chi connectivity index (χ1) is 12.6. The fraction of sp³-hybridized carbons (Fsp3) is 0.571. The first-order valence-electron chi connectivity index (χ1n) is 9.84. The predicted octanol–water partition coefficient (Wildman–Crippen LogP) is 3.30. The highest BCUT2D eigenvalue weighted by Crippen LogP contribution is 2.21. The molecule has 3 rings (SSSR count). The van der Waals surface area contributed by atoms with Gasteiger partial charge in [-0.15, -0.1) is 0 Å². The van der Waals surface area contributed by atoms with Crippen molar-refractivity contribution in [2.45, 2.75) is 40.2 Å². The molecule has 2 heterocycles. The number of nitrogens with one attached hydrogen (secondary N) is 1. The Kier molecular flexibility index (Phi) is 6.33. The van der Waals surface area contributed by atoms with Gasteiger partial charge in [-0.2, -0.15) is 0 Å². The number of pyridine rings is 1. The van der Waals surface area contributed by atoms with Crippen LogP contribution in [0.25, 0.3) is 10.9 Å². The molecule has 1 saturated heterocycles. The van der Waals surface area contributed by atoms with Crippen molar-refractivity contribution >= 4 is 16.6 Å². The Morgan fingerprint density at radius 3 is 2.50 bits per heavy atom. The number of ether oxygens (including phenoxy) is 1. The van der Waals surface area contributed by atoms with Crippen LogP contribution in [0, 0.1) is 6.92 Å². The van der Waals surface area contributed by atoms with Crippen LogP contribution in [0.15, 0.2) is 23.0 Å². The number of aryl methyl sites for hydroxylation is 1. The van der Waals surface area contributed by atoms with E-state index in [1.165, 1.54) is 0 Å². The molecule has 1 aromatic heterocycles. The number of aromatic nitrogens is 1. The second kappa shape index (κ2) is 8.69. The number of hydrogen-bond donors (Lipinski definition) is 1. The molecule has 1 N–H and O–H groups in total. The number of fused-ring (bicyclic) bond motifs is 1. The van der Waals surface area contributed by atoms with Crippen LogP contribution < -0.4 is 10.3 Å². The summed E-state index contributed by atoms with van der Waals surface area (Å²) in [5.41, 5.74) is 4.09. The lowest BCUT2D eigenvalue weighted by atomic mass is 10.1. The van der Waals surface area contributed by atoms with Crippen molar-refractivity contribution in [1.29, 1.82) is 0 Å². The fourth-order valence-electron chi connectivity index (χ4n) is 3.77. The Labute approximate surface area is 156 Å². The Bertz CT molecular complexity index is 788. The highest BCUT2D eigenvalue weighted by Gasteiger charge is 2.16. The van der Waals surface area contributed by atoms with E-state index >= 15 is 0 Å². The van der Waals surface area contributed by atoms with E-state index in [0.717, 1.165) is 86.6 Å². The van der Waals surface area contributed by atoms with Crippen molar-refractivity contribution in [3.63, 3.8) is 0 Å². The number of anilines is 1. The van der Waals surface area contributed by atoms with E-state index in [0.29, 0.717) is 0 Å². The van der Waals surface area contributed by atoms with Gasteiger partial charge in [-0.3, -0.25) is 9.69 Å². The van der Waals surface area contributed by atoms with E-state index in [2.05, 4.69) is 34.7 Å². The number of aromatic amines is 1. The molecule has 1 aromatic carbocycles. The van der Waals surface area contributed by atoms with Gasteiger partial charge >= 0.3 is 0 Å².